The van der Waals surface area contributed by atoms with Crippen LogP contribution in [0.4, 0.5) is 0 Å². The van der Waals surface area contributed by atoms with E-state index in [0.29, 0.717) is 9.50 Å². The number of nitrogens with zero attached hydrogens (tertiary/aromatic N) is 1. The van der Waals surface area contributed by atoms with E-state index in [1.807, 2.05) is 13.8 Å². The lowest BCUT2D eigenvalue weighted by molar-refractivity contribution is -0.905. The average molecular weight is 240 g/mol. The van der Waals surface area contributed by atoms with Gasteiger partial charge in [-0.05, 0) is 15.9 Å². The van der Waals surface area contributed by atoms with E-state index in [1.165, 1.54) is 12.4 Å². The molecule has 0 amide bonds. The summed E-state index contributed by atoms with van der Waals surface area (Å²) in [7, 11) is 0. The minimum absolute atomic E-state index is 0.584. The minimum Gasteiger partial charge on any atom is -0.285 e. The quantitative estimate of drug-likeness (QED) is 0.546. The van der Waals surface area contributed by atoms with Gasteiger partial charge in [-0.1, -0.05) is 25.4 Å². The van der Waals surface area contributed by atoms with E-state index in [2.05, 4.69) is 15.9 Å². The van der Waals surface area contributed by atoms with Crippen molar-refractivity contribution in [1.29, 1.82) is 0 Å². The Balaban J connectivity index is 0.000000461. The van der Waals surface area contributed by atoms with Gasteiger partial charge in [0.2, 0.25) is 12.4 Å². The van der Waals surface area contributed by atoms with Crippen LogP contribution in [-0.2, 0) is 0 Å². The van der Waals surface area contributed by atoms with Gasteiger partial charge in [-0.15, -0.1) is 0 Å². The molecule has 1 aromatic heterocycles. The molecule has 0 fully saturated rings. The molecule has 0 spiro atoms. The van der Waals surface area contributed by atoms with Crippen LogP contribution in [0.5, 0.6) is 0 Å². The Morgan fingerprint density at radius 1 is 1.55 bits per heavy atom. The van der Waals surface area contributed by atoms with Crippen molar-refractivity contribution in [3.05, 3.63) is 28.0 Å². The summed E-state index contributed by atoms with van der Waals surface area (Å²) in [5.41, 5.74) is 0. The van der Waals surface area contributed by atoms with Crippen LogP contribution in [-0.4, -0.2) is 5.21 Å². The molecule has 1 rings (SSSR count). The summed E-state index contributed by atoms with van der Waals surface area (Å²) in [4.78, 5) is 0. The second-order valence-electron chi connectivity index (χ2n) is 1.52. The predicted octanol–water partition coefficient (Wildman–Crippen LogP) is 2.65. The summed E-state index contributed by atoms with van der Waals surface area (Å²) < 4.78 is 1.60. The molecule has 1 aromatic rings. The maximum atomic E-state index is 8.77. The van der Waals surface area contributed by atoms with E-state index in [0.717, 1.165) is 4.73 Å². The molecular formula is C7H10BrClNO+. The van der Waals surface area contributed by atoms with Gasteiger partial charge < -0.3 is 0 Å². The molecule has 0 saturated heterocycles. The van der Waals surface area contributed by atoms with Gasteiger partial charge in [0.25, 0.3) is 0 Å². The van der Waals surface area contributed by atoms with Crippen molar-refractivity contribution in [2.45, 2.75) is 13.8 Å². The first-order chi connectivity index (χ1) is 5.20. The molecule has 0 aromatic carbocycles. The molecule has 0 bridgehead atoms. The summed E-state index contributed by atoms with van der Waals surface area (Å²) in [6.45, 7) is 4.00. The summed E-state index contributed by atoms with van der Waals surface area (Å²) >= 11 is 8.74. The van der Waals surface area contributed by atoms with E-state index < -0.39 is 0 Å². The zero-order chi connectivity index (χ0) is 8.85. The molecule has 0 saturated carbocycles. The van der Waals surface area contributed by atoms with Crippen molar-refractivity contribution in [3.8, 4) is 0 Å². The Labute approximate surface area is 79.5 Å². The largest absolute Gasteiger partial charge is 0.285 e. The molecule has 62 valence electrons. The normalized spacial score (nSPS) is 8.36. The third-order valence-corrected chi connectivity index (χ3v) is 2.04. The van der Waals surface area contributed by atoms with E-state index in [9.17, 15) is 0 Å². The fraction of sp³-hybridized carbons (Fsp3) is 0.286. The van der Waals surface area contributed by atoms with E-state index in [4.69, 9.17) is 16.8 Å². The average Bonchev–Trinajstić information content (AvgIpc) is 2.02. The highest BCUT2D eigenvalue weighted by Crippen LogP contribution is 2.18. The lowest BCUT2D eigenvalue weighted by Crippen LogP contribution is -2.28. The number of pyridine rings is 1. The van der Waals surface area contributed by atoms with Crippen LogP contribution in [0.15, 0.2) is 22.9 Å². The Bertz CT molecular complexity index is 230. The first kappa shape index (κ1) is 10.7. The van der Waals surface area contributed by atoms with Gasteiger partial charge in [-0.3, -0.25) is 5.21 Å². The topological polar surface area (TPSA) is 24.1 Å². The number of aromatic nitrogens is 1. The van der Waals surface area contributed by atoms with Gasteiger partial charge in [0.1, 0.15) is 4.47 Å². The fourth-order valence-electron chi connectivity index (χ4n) is 0.442. The van der Waals surface area contributed by atoms with Crippen LogP contribution in [0.2, 0.25) is 5.02 Å². The van der Waals surface area contributed by atoms with Crippen LogP contribution in [0.1, 0.15) is 13.8 Å². The van der Waals surface area contributed by atoms with Crippen molar-refractivity contribution in [2.24, 2.45) is 0 Å². The first-order valence-electron chi connectivity index (χ1n) is 3.26. The maximum absolute atomic E-state index is 8.77. The van der Waals surface area contributed by atoms with Gasteiger partial charge in [-0.2, -0.15) is 0 Å². The van der Waals surface area contributed by atoms with E-state index in [-0.39, 0.29) is 0 Å². The number of halogens is 2. The minimum atomic E-state index is 0.584. The Morgan fingerprint density at radius 3 is 2.45 bits per heavy atom. The highest BCUT2D eigenvalue weighted by molar-refractivity contribution is 9.10. The Kier molecular flexibility index (Phi) is 5.24. The highest BCUT2D eigenvalue weighted by Gasteiger charge is 2.01. The van der Waals surface area contributed by atoms with Crippen molar-refractivity contribution in [1.82, 2.24) is 0 Å². The van der Waals surface area contributed by atoms with Gasteiger partial charge in [0.05, 0.1) is 5.02 Å². The summed E-state index contributed by atoms with van der Waals surface area (Å²) in [6, 6.07) is 1.59. The molecule has 0 radical (unpaired) electrons. The molecule has 0 aliphatic heterocycles. The lowest BCUT2D eigenvalue weighted by atomic mass is 10.5. The highest BCUT2D eigenvalue weighted by atomic mass is 79.9. The van der Waals surface area contributed by atoms with Crippen molar-refractivity contribution in [3.63, 3.8) is 0 Å². The lowest BCUT2D eigenvalue weighted by Gasteiger charge is -1.87. The van der Waals surface area contributed by atoms with Gasteiger partial charge in [0, 0.05) is 10.8 Å². The van der Waals surface area contributed by atoms with Crippen LogP contribution in [0.3, 0.4) is 0 Å². The smallest absolute Gasteiger partial charge is 0.237 e. The predicted molar refractivity (Wildman–Crippen MR) is 47.9 cm³/mol. The van der Waals surface area contributed by atoms with E-state index in [1.54, 1.807) is 6.07 Å². The number of hydrogen-bond acceptors (Lipinski definition) is 1. The summed E-state index contributed by atoms with van der Waals surface area (Å²) in [5, 5.41) is 9.35. The molecule has 0 aliphatic rings. The fourth-order valence-corrected chi connectivity index (χ4v) is 0.889. The Morgan fingerprint density at radius 2 is 2.09 bits per heavy atom. The molecular weight excluding hydrogens is 229 g/mol. The summed E-state index contributed by atoms with van der Waals surface area (Å²) in [6.07, 6.45) is 2.91. The molecule has 0 unspecified atom stereocenters. The third-order valence-electron chi connectivity index (χ3n) is 0.847. The molecule has 4 heteroatoms. The van der Waals surface area contributed by atoms with Crippen LogP contribution >= 0.6 is 27.5 Å². The zero-order valence-corrected chi connectivity index (χ0v) is 8.72. The van der Waals surface area contributed by atoms with Crippen molar-refractivity contribution >= 4 is 27.5 Å². The molecule has 11 heavy (non-hydrogen) atoms. The molecule has 1 heterocycles. The van der Waals surface area contributed by atoms with Crippen LogP contribution < -0.4 is 4.73 Å². The molecule has 1 N–H and O–H groups in total. The number of rotatable bonds is 0. The zero-order valence-electron chi connectivity index (χ0n) is 6.38. The second-order valence-corrected chi connectivity index (χ2v) is 2.78. The van der Waals surface area contributed by atoms with Crippen LogP contribution in [0.25, 0.3) is 0 Å². The number of hydrogen-bond donors (Lipinski definition) is 1. The third kappa shape index (κ3) is 3.58. The van der Waals surface area contributed by atoms with Gasteiger partial charge >= 0.3 is 0 Å². The van der Waals surface area contributed by atoms with Crippen molar-refractivity contribution < 1.29 is 9.94 Å². The standard InChI is InChI=1S/C5H4BrClNO.C2H6/c6-4-3-8(9)2-1-5(4)7;1-2/h1-3,9H;1-2H3/q+1;. The van der Waals surface area contributed by atoms with Crippen molar-refractivity contribution in [2.75, 3.05) is 0 Å². The maximum Gasteiger partial charge on any atom is 0.237 e. The Hall–Kier alpha value is -0.280. The van der Waals surface area contributed by atoms with Crippen LogP contribution in [0, 0.1) is 0 Å². The monoisotopic (exact) mass is 238 g/mol. The SMILES string of the molecule is CC.O[n+]1ccc(Cl)c(Br)c1. The summed E-state index contributed by atoms with van der Waals surface area (Å²) in [5.74, 6) is 0. The molecule has 2 nitrogen and oxygen atoms in total. The second kappa shape index (κ2) is 5.38. The van der Waals surface area contributed by atoms with E-state index >= 15 is 0 Å². The van der Waals surface area contributed by atoms with Gasteiger partial charge in [0.15, 0.2) is 0 Å². The molecule has 0 aliphatic carbocycles. The molecule has 0 atom stereocenters. The first-order valence-corrected chi connectivity index (χ1v) is 4.43. The van der Waals surface area contributed by atoms with Gasteiger partial charge in [-0.25, -0.2) is 0 Å².